The van der Waals surface area contributed by atoms with Crippen molar-refractivity contribution in [1.82, 2.24) is 9.97 Å². The first-order valence-electron chi connectivity index (χ1n) is 12.0. The van der Waals surface area contributed by atoms with Crippen molar-refractivity contribution in [3.63, 3.8) is 0 Å². The van der Waals surface area contributed by atoms with Crippen molar-refractivity contribution in [2.24, 2.45) is 5.73 Å². The van der Waals surface area contributed by atoms with Crippen molar-refractivity contribution >= 4 is 5.97 Å². The lowest BCUT2D eigenvalue weighted by atomic mass is 9.74. The highest BCUT2D eigenvalue weighted by molar-refractivity contribution is 5.95. The van der Waals surface area contributed by atoms with Gasteiger partial charge in [0.25, 0.3) is 0 Å². The molecule has 1 aromatic carbocycles. The van der Waals surface area contributed by atoms with Crippen molar-refractivity contribution in [2.45, 2.75) is 44.1 Å². The number of carbonyl (C=O) groups is 1. The van der Waals surface area contributed by atoms with E-state index < -0.39 is 5.97 Å². The fourth-order valence-electron chi connectivity index (χ4n) is 5.14. The highest BCUT2D eigenvalue weighted by Crippen LogP contribution is 2.41. The fraction of sp³-hybridized carbons (Fsp3) is 0.407. The molecule has 2 aliphatic rings. The number of pyridine rings is 1. The van der Waals surface area contributed by atoms with Gasteiger partial charge in [0.05, 0.1) is 30.7 Å². The van der Waals surface area contributed by atoms with E-state index >= 15 is 0 Å². The van der Waals surface area contributed by atoms with Crippen molar-refractivity contribution in [3.05, 3.63) is 52.8 Å². The molecule has 1 saturated carbocycles. The molecule has 1 fully saturated rings. The van der Waals surface area contributed by atoms with Gasteiger partial charge < -0.3 is 30.0 Å². The second kappa shape index (κ2) is 9.36. The molecular weight excluding hydrogens is 446 g/mol. The monoisotopic (exact) mass is 477 g/mol. The van der Waals surface area contributed by atoms with E-state index in [2.05, 4.69) is 4.98 Å². The standard InChI is InChI=1S/C27H31N3O5/c1-33-10-11-35-22-7-5-16(12-23(22)34-2)20-13-19-17(15-29-20)4-6-18-24(26(31)32)21(30-25(18)19)14-27(28)8-3-9-27/h5,7,12-13,15,30H,3-4,6,8-11,14,28H2,1-2H3,(H,31,32). The van der Waals surface area contributed by atoms with E-state index in [-0.39, 0.29) is 5.54 Å². The molecule has 184 valence electrons. The third-order valence-electron chi connectivity index (χ3n) is 7.18. The summed E-state index contributed by atoms with van der Waals surface area (Å²) in [6, 6.07) is 7.74. The lowest BCUT2D eigenvalue weighted by Crippen LogP contribution is -2.48. The second-order valence-corrected chi connectivity index (χ2v) is 9.46. The number of carboxylic acids is 1. The Morgan fingerprint density at radius 1 is 1.17 bits per heavy atom. The molecule has 0 atom stereocenters. The van der Waals surface area contributed by atoms with E-state index in [9.17, 15) is 9.90 Å². The van der Waals surface area contributed by atoms with Gasteiger partial charge in [-0.05, 0) is 67.5 Å². The average molecular weight is 478 g/mol. The van der Waals surface area contributed by atoms with Gasteiger partial charge in [0.2, 0.25) is 0 Å². The minimum absolute atomic E-state index is 0.312. The van der Waals surface area contributed by atoms with E-state index in [4.69, 9.17) is 24.9 Å². The predicted molar refractivity (Wildman–Crippen MR) is 132 cm³/mol. The van der Waals surface area contributed by atoms with Crippen LogP contribution in [0.5, 0.6) is 11.5 Å². The summed E-state index contributed by atoms with van der Waals surface area (Å²) < 4.78 is 16.3. The molecule has 8 nitrogen and oxygen atoms in total. The molecule has 0 aliphatic heterocycles. The Morgan fingerprint density at radius 2 is 2.00 bits per heavy atom. The van der Waals surface area contributed by atoms with Crippen LogP contribution < -0.4 is 15.2 Å². The summed E-state index contributed by atoms with van der Waals surface area (Å²) >= 11 is 0. The number of aromatic nitrogens is 2. The van der Waals surface area contributed by atoms with E-state index in [1.54, 1.807) is 14.2 Å². The number of carboxylic acid groups (broad SMARTS) is 1. The Morgan fingerprint density at radius 3 is 2.69 bits per heavy atom. The third-order valence-corrected chi connectivity index (χ3v) is 7.18. The average Bonchev–Trinajstić information content (AvgIpc) is 3.21. The highest BCUT2D eigenvalue weighted by atomic mass is 16.5. The topological polar surface area (TPSA) is 120 Å². The number of nitrogens with two attached hydrogens (primary N) is 1. The normalized spacial score (nSPS) is 15.6. The van der Waals surface area contributed by atoms with Gasteiger partial charge in [0.15, 0.2) is 11.5 Å². The number of hydrogen-bond acceptors (Lipinski definition) is 6. The molecule has 0 radical (unpaired) electrons. The van der Waals surface area contributed by atoms with Gasteiger partial charge in [-0.3, -0.25) is 4.98 Å². The van der Waals surface area contributed by atoms with Crippen molar-refractivity contribution in [1.29, 1.82) is 0 Å². The molecule has 2 aliphatic carbocycles. The van der Waals surface area contributed by atoms with Gasteiger partial charge >= 0.3 is 5.97 Å². The Bertz CT molecular complexity index is 1260. The van der Waals surface area contributed by atoms with Crippen molar-refractivity contribution in [2.75, 3.05) is 27.4 Å². The maximum atomic E-state index is 12.2. The number of nitrogens with one attached hydrogen (secondary N) is 1. The molecule has 2 heterocycles. The van der Waals surface area contributed by atoms with Crippen molar-refractivity contribution < 1.29 is 24.1 Å². The van der Waals surface area contributed by atoms with Crippen LogP contribution in [0.1, 0.15) is 46.4 Å². The van der Waals surface area contributed by atoms with Gasteiger partial charge in [-0.2, -0.15) is 0 Å². The summed E-state index contributed by atoms with van der Waals surface area (Å²) in [4.78, 5) is 20.4. The second-order valence-electron chi connectivity index (χ2n) is 9.46. The first-order chi connectivity index (χ1) is 16.9. The summed E-state index contributed by atoms with van der Waals surface area (Å²) in [5, 5.41) is 10.0. The molecule has 4 N–H and O–H groups in total. The number of benzene rings is 1. The quantitative estimate of drug-likeness (QED) is 0.399. The zero-order valence-corrected chi connectivity index (χ0v) is 20.1. The van der Waals surface area contributed by atoms with Crippen LogP contribution in [-0.4, -0.2) is 54.0 Å². The van der Waals surface area contributed by atoms with E-state index in [0.717, 1.165) is 65.0 Å². The van der Waals surface area contributed by atoms with Gasteiger partial charge in [-0.25, -0.2) is 4.79 Å². The number of methoxy groups -OCH3 is 2. The lowest BCUT2D eigenvalue weighted by Gasteiger charge is -2.38. The molecule has 35 heavy (non-hydrogen) atoms. The first kappa shape index (κ1) is 23.4. The highest BCUT2D eigenvalue weighted by Gasteiger charge is 2.36. The van der Waals surface area contributed by atoms with Crippen LogP contribution in [0.2, 0.25) is 0 Å². The Balaban J connectivity index is 1.52. The molecule has 0 amide bonds. The molecule has 0 bridgehead atoms. The van der Waals surface area contributed by atoms with Crippen LogP contribution >= 0.6 is 0 Å². The SMILES string of the molecule is COCCOc1ccc(-c2cc3c(cn2)CCc2c-3[nH]c(CC3(N)CCC3)c2C(=O)O)cc1OC. The zero-order chi connectivity index (χ0) is 24.6. The number of aromatic carboxylic acids is 1. The minimum Gasteiger partial charge on any atom is -0.493 e. The fourth-order valence-corrected chi connectivity index (χ4v) is 5.14. The van der Waals surface area contributed by atoms with E-state index in [1.165, 1.54) is 0 Å². The van der Waals surface area contributed by atoms with Crippen LogP contribution in [0, 0.1) is 0 Å². The van der Waals surface area contributed by atoms with Gasteiger partial charge in [0, 0.05) is 42.1 Å². The Hall–Kier alpha value is -3.36. The van der Waals surface area contributed by atoms with Gasteiger partial charge in [-0.1, -0.05) is 0 Å². The molecule has 3 aromatic rings. The van der Waals surface area contributed by atoms with E-state index in [0.29, 0.717) is 43.1 Å². The van der Waals surface area contributed by atoms with Crippen LogP contribution in [-0.2, 0) is 24.0 Å². The summed E-state index contributed by atoms with van der Waals surface area (Å²) in [5.74, 6) is 0.357. The summed E-state index contributed by atoms with van der Waals surface area (Å²) in [5.41, 5.74) is 12.8. The maximum absolute atomic E-state index is 12.2. The predicted octanol–water partition coefficient (Wildman–Crippen LogP) is 4.00. The number of nitrogens with zero attached hydrogens (tertiary/aromatic N) is 1. The molecular formula is C27H31N3O5. The third kappa shape index (κ3) is 4.39. The number of hydrogen-bond donors (Lipinski definition) is 3. The largest absolute Gasteiger partial charge is 0.493 e. The minimum atomic E-state index is -0.896. The number of H-pyrrole nitrogens is 1. The zero-order valence-electron chi connectivity index (χ0n) is 20.1. The van der Waals surface area contributed by atoms with Gasteiger partial charge in [-0.15, -0.1) is 0 Å². The number of fused-ring (bicyclic) bond motifs is 3. The van der Waals surface area contributed by atoms with Crippen LogP contribution in [0.15, 0.2) is 30.5 Å². The van der Waals surface area contributed by atoms with Crippen LogP contribution in [0.3, 0.4) is 0 Å². The Labute approximate surface area is 204 Å². The molecule has 8 heteroatoms. The summed E-state index contributed by atoms with van der Waals surface area (Å²) in [6.07, 6.45) is 6.80. The molecule has 0 spiro atoms. The summed E-state index contributed by atoms with van der Waals surface area (Å²) in [7, 11) is 3.24. The lowest BCUT2D eigenvalue weighted by molar-refractivity contribution is 0.0694. The maximum Gasteiger partial charge on any atom is 0.337 e. The number of aromatic amines is 1. The Kier molecular flexibility index (Phi) is 6.25. The summed E-state index contributed by atoms with van der Waals surface area (Å²) in [6.45, 7) is 0.915. The smallest absolute Gasteiger partial charge is 0.337 e. The van der Waals surface area contributed by atoms with E-state index in [1.807, 2.05) is 30.5 Å². The number of ether oxygens (including phenoxy) is 3. The van der Waals surface area contributed by atoms with Crippen LogP contribution in [0.4, 0.5) is 0 Å². The molecule has 2 aromatic heterocycles. The molecule has 5 rings (SSSR count). The number of aryl methyl sites for hydroxylation is 1. The van der Waals surface area contributed by atoms with Crippen LogP contribution in [0.25, 0.3) is 22.5 Å². The first-order valence-corrected chi connectivity index (χ1v) is 12.0. The van der Waals surface area contributed by atoms with Gasteiger partial charge in [0.1, 0.15) is 6.61 Å². The molecule has 0 saturated heterocycles. The number of rotatable bonds is 9. The molecule has 0 unspecified atom stereocenters. The van der Waals surface area contributed by atoms with Crippen molar-refractivity contribution in [3.8, 4) is 34.0 Å².